The fourth-order valence-corrected chi connectivity index (χ4v) is 2.94. The standard InChI is InChI=1S/C16H25N3O2/c1-4-7-17-14-9-15(11-16(10-14)19(20)21)18-8-5-6-12(2)13(18)3/h9-13,17H,4-8H2,1-3H3. The number of nitrogens with zero attached hydrogens (tertiary/aromatic N) is 2. The zero-order chi connectivity index (χ0) is 15.4. The van der Waals surface area contributed by atoms with Crippen molar-refractivity contribution in [1.29, 1.82) is 0 Å². The van der Waals surface area contributed by atoms with Crippen LogP contribution in [0.2, 0.25) is 0 Å². The highest BCUT2D eigenvalue weighted by Crippen LogP contribution is 2.33. The smallest absolute Gasteiger partial charge is 0.273 e. The Morgan fingerprint density at radius 3 is 2.81 bits per heavy atom. The van der Waals surface area contributed by atoms with Crippen LogP contribution in [-0.4, -0.2) is 24.1 Å². The monoisotopic (exact) mass is 291 g/mol. The van der Waals surface area contributed by atoms with Crippen molar-refractivity contribution < 1.29 is 4.92 Å². The lowest BCUT2D eigenvalue weighted by Gasteiger charge is -2.39. The molecule has 1 fully saturated rings. The quantitative estimate of drug-likeness (QED) is 0.657. The molecule has 1 aliphatic heterocycles. The van der Waals surface area contributed by atoms with Crippen LogP contribution >= 0.6 is 0 Å². The Morgan fingerprint density at radius 1 is 1.38 bits per heavy atom. The van der Waals surface area contributed by atoms with Gasteiger partial charge in [-0.3, -0.25) is 10.1 Å². The Bertz CT molecular complexity index is 504. The third kappa shape index (κ3) is 3.65. The number of hydrogen-bond acceptors (Lipinski definition) is 4. The lowest BCUT2D eigenvalue weighted by Crippen LogP contribution is -2.42. The van der Waals surface area contributed by atoms with Gasteiger partial charge in [0.05, 0.1) is 4.92 Å². The molecule has 1 aromatic carbocycles. The summed E-state index contributed by atoms with van der Waals surface area (Å²) in [5.41, 5.74) is 1.96. The molecule has 1 aromatic rings. The molecule has 116 valence electrons. The molecule has 2 unspecified atom stereocenters. The number of nitro groups is 1. The van der Waals surface area contributed by atoms with Crippen LogP contribution in [0.5, 0.6) is 0 Å². The molecule has 0 radical (unpaired) electrons. The first-order chi connectivity index (χ1) is 10.0. The van der Waals surface area contributed by atoms with Crippen LogP contribution in [0, 0.1) is 16.0 Å². The van der Waals surface area contributed by atoms with E-state index in [1.54, 1.807) is 12.1 Å². The average molecular weight is 291 g/mol. The minimum atomic E-state index is -0.307. The molecule has 0 amide bonds. The van der Waals surface area contributed by atoms with Gasteiger partial charge in [0.2, 0.25) is 0 Å². The van der Waals surface area contributed by atoms with E-state index in [1.165, 1.54) is 6.42 Å². The summed E-state index contributed by atoms with van der Waals surface area (Å²) in [4.78, 5) is 13.2. The largest absolute Gasteiger partial charge is 0.385 e. The molecule has 0 bridgehead atoms. The zero-order valence-electron chi connectivity index (χ0n) is 13.1. The highest BCUT2D eigenvalue weighted by atomic mass is 16.6. The molecule has 5 nitrogen and oxygen atoms in total. The summed E-state index contributed by atoms with van der Waals surface area (Å²) in [6.45, 7) is 8.35. The molecule has 1 saturated heterocycles. The molecule has 1 heterocycles. The topological polar surface area (TPSA) is 58.4 Å². The van der Waals surface area contributed by atoms with E-state index in [-0.39, 0.29) is 10.6 Å². The van der Waals surface area contributed by atoms with Crippen molar-refractivity contribution in [1.82, 2.24) is 0 Å². The second-order valence-electron chi connectivity index (χ2n) is 5.98. The molecule has 2 atom stereocenters. The van der Waals surface area contributed by atoms with Crippen LogP contribution in [-0.2, 0) is 0 Å². The summed E-state index contributed by atoms with van der Waals surface area (Å²) in [5.74, 6) is 0.616. The van der Waals surface area contributed by atoms with Gasteiger partial charge in [0.1, 0.15) is 0 Å². The molecule has 5 heteroatoms. The van der Waals surface area contributed by atoms with E-state index in [4.69, 9.17) is 0 Å². The maximum atomic E-state index is 11.2. The number of non-ortho nitro benzene ring substituents is 1. The van der Waals surface area contributed by atoms with Crippen molar-refractivity contribution in [3.63, 3.8) is 0 Å². The lowest BCUT2D eigenvalue weighted by atomic mass is 9.91. The maximum Gasteiger partial charge on any atom is 0.273 e. The Hall–Kier alpha value is -1.78. The van der Waals surface area contributed by atoms with E-state index in [9.17, 15) is 10.1 Å². The van der Waals surface area contributed by atoms with Gasteiger partial charge in [-0.05, 0) is 38.2 Å². The second kappa shape index (κ2) is 6.78. The predicted octanol–water partition coefficient (Wildman–Crippen LogP) is 4.04. The first-order valence-corrected chi connectivity index (χ1v) is 7.83. The molecule has 1 aliphatic rings. The number of rotatable bonds is 5. The van der Waals surface area contributed by atoms with E-state index in [1.807, 2.05) is 6.07 Å². The number of anilines is 2. The lowest BCUT2D eigenvalue weighted by molar-refractivity contribution is -0.384. The molecule has 0 aromatic heterocycles. The molecule has 1 N–H and O–H groups in total. The van der Waals surface area contributed by atoms with Crippen LogP contribution in [0.25, 0.3) is 0 Å². The van der Waals surface area contributed by atoms with Crippen molar-refractivity contribution in [3.05, 3.63) is 28.3 Å². The Kier molecular flexibility index (Phi) is 5.04. The summed E-state index contributed by atoms with van der Waals surface area (Å²) in [6, 6.07) is 5.78. The van der Waals surface area contributed by atoms with Crippen LogP contribution < -0.4 is 10.2 Å². The summed E-state index contributed by atoms with van der Waals surface area (Å²) in [5, 5.41) is 14.4. The van der Waals surface area contributed by atoms with Gasteiger partial charge in [-0.25, -0.2) is 0 Å². The molecule has 0 spiro atoms. The van der Waals surface area contributed by atoms with Crippen molar-refractivity contribution in [2.24, 2.45) is 5.92 Å². The summed E-state index contributed by atoms with van der Waals surface area (Å²) in [7, 11) is 0. The first kappa shape index (κ1) is 15.6. The molecule has 0 aliphatic carbocycles. The molecular formula is C16H25N3O2. The van der Waals surface area contributed by atoms with Gasteiger partial charge in [0.25, 0.3) is 5.69 Å². The maximum absolute atomic E-state index is 11.2. The summed E-state index contributed by atoms with van der Waals surface area (Å²) >= 11 is 0. The first-order valence-electron chi connectivity index (χ1n) is 7.83. The summed E-state index contributed by atoms with van der Waals surface area (Å²) < 4.78 is 0. The SMILES string of the molecule is CCCNc1cc(N2CCCC(C)C2C)cc([N+](=O)[O-])c1. The second-order valence-corrected chi connectivity index (χ2v) is 5.98. The zero-order valence-corrected chi connectivity index (χ0v) is 13.1. The molecule has 0 saturated carbocycles. The van der Waals surface area contributed by atoms with Crippen LogP contribution in [0.15, 0.2) is 18.2 Å². The van der Waals surface area contributed by atoms with Crippen LogP contribution in [0.3, 0.4) is 0 Å². The fraction of sp³-hybridized carbons (Fsp3) is 0.625. The number of benzene rings is 1. The molecule has 2 rings (SSSR count). The third-order valence-electron chi connectivity index (χ3n) is 4.40. The number of hydrogen-bond donors (Lipinski definition) is 1. The van der Waals surface area contributed by atoms with E-state index in [2.05, 4.69) is 31.0 Å². The van der Waals surface area contributed by atoms with Crippen LogP contribution in [0.1, 0.15) is 40.0 Å². The van der Waals surface area contributed by atoms with E-state index >= 15 is 0 Å². The van der Waals surface area contributed by atoms with Crippen molar-refractivity contribution in [3.8, 4) is 0 Å². The van der Waals surface area contributed by atoms with E-state index in [0.29, 0.717) is 12.0 Å². The van der Waals surface area contributed by atoms with Gasteiger partial charge in [-0.2, -0.15) is 0 Å². The van der Waals surface area contributed by atoms with E-state index < -0.39 is 0 Å². The van der Waals surface area contributed by atoms with E-state index in [0.717, 1.165) is 37.3 Å². The van der Waals surface area contributed by atoms with Crippen LogP contribution in [0.4, 0.5) is 17.1 Å². The highest BCUT2D eigenvalue weighted by molar-refractivity contribution is 5.65. The number of piperidine rings is 1. The predicted molar refractivity (Wildman–Crippen MR) is 87.1 cm³/mol. The fourth-order valence-electron chi connectivity index (χ4n) is 2.94. The molecular weight excluding hydrogens is 266 g/mol. The van der Waals surface area contributed by atoms with Crippen molar-refractivity contribution in [2.45, 2.75) is 46.1 Å². The minimum absolute atomic E-state index is 0.163. The third-order valence-corrected chi connectivity index (χ3v) is 4.40. The van der Waals surface area contributed by atoms with Gasteiger partial charge < -0.3 is 10.2 Å². The Balaban J connectivity index is 2.32. The van der Waals surface area contributed by atoms with Gasteiger partial charge in [0, 0.05) is 42.6 Å². The highest BCUT2D eigenvalue weighted by Gasteiger charge is 2.26. The van der Waals surface area contributed by atoms with Gasteiger partial charge >= 0.3 is 0 Å². The van der Waals surface area contributed by atoms with Crippen molar-refractivity contribution in [2.75, 3.05) is 23.3 Å². The van der Waals surface area contributed by atoms with Gasteiger partial charge in [-0.15, -0.1) is 0 Å². The van der Waals surface area contributed by atoms with Crippen molar-refractivity contribution >= 4 is 17.1 Å². The average Bonchev–Trinajstić information content (AvgIpc) is 2.47. The summed E-state index contributed by atoms with van der Waals surface area (Å²) in [6.07, 6.45) is 3.37. The van der Waals surface area contributed by atoms with Gasteiger partial charge in [0.15, 0.2) is 0 Å². The number of nitro benzene ring substituents is 1. The molecule has 21 heavy (non-hydrogen) atoms. The number of nitrogens with one attached hydrogen (secondary N) is 1. The Labute approximate surface area is 126 Å². The van der Waals surface area contributed by atoms with Gasteiger partial charge in [-0.1, -0.05) is 13.8 Å². The minimum Gasteiger partial charge on any atom is -0.385 e. The Morgan fingerprint density at radius 2 is 2.14 bits per heavy atom. The normalized spacial score (nSPS) is 22.1.